The van der Waals surface area contributed by atoms with Crippen LogP contribution in [0.25, 0.3) is 0 Å². The molecular formula is C23H27FN4O4. The molecule has 0 unspecified atom stereocenters. The predicted molar refractivity (Wildman–Crippen MR) is 115 cm³/mol. The third kappa shape index (κ3) is 4.52. The number of nitrogens with zero attached hydrogens (tertiary/aromatic N) is 2. The number of hydrogen-bond donors (Lipinski definition) is 2. The minimum Gasteiger partial charge on any atom is -0.376 e. The Morgan fingerprint density at radius 1 is 1.31 bits per heavy atom. The number of benzene rings is 1. The molecule has 9 heteroatoms. The summed E-state index contributed by atoms with van der Waals surface area (Å²) in [5, 5.41) is 5.71. The molecule has 3 aliphatic rings. The molecule has 2 N–H and O–H groups in total. The van der Waals surface area contributed by atoms with Gasteiger partial charge in [0.05, 0.1) is 30.0 Å². The van der Waals surface area contributed by atoms with Crippen LogP contribution >= 0.6 is 0 Å². The third-order valence-electron chi connectivity index (χ3n) is 5.97. The zero-order chi connectivity index (χ0) is 22.7. The number of ether oxygens (including phenoxy) is 1. The van der Waals surface area contributed by atoms with Crippen LogP contribution < -0.4 is 10.6 Å². The molecule has 0 spiro atoms. The summed E-state index contributed by atoms with van der Waals surface area (Å²) in [7, 11) is 0. The number of halogens is 1. The van der Waals surface area contributed by atoms with Crippen molar-refractivity contribution in [1.82, 2.24) is 20.4 Å². The van der Waals surface area contributed by atoms with Crippen LogP contribution in [-0.2, 0) is 14.3 Å². The maximum Gasteiger partial charge on any atom is 0.322 e. The fourth-order valence-corrected chi connectivity index (χ4v) is 4.31. The van der Waals surface area contributed by atoms with E-state index in [0.29, 0.717) is 23.4 Å². The van der Waals surface area contributed by atoms with Gasteiger partial charge in [-0.15, -0.1) is 6.58 Å². The van der Waals surface area contributed by atoms with E-state index < -0.39 is 11.9 Å². The molecular weight excluding hydrogens is 415 g/mol. The molecule has 32 heavy (non-hydrogen) atoms. The standard InChI is InChI=1S/C23H27FN4O4/c1-2-10-28-18-14-27(11-9-19(29)25-13-17-4-3-12-32-17)22(30)20(18)21(26-23(28)31)15-5-7-16(24)8-6-15/h2,5-8,17,21H,1,3-4,9-14H2,(H,25,29)(H,26,31)/t17-,21-/m0/s1. The molecule has 0 radical (unpaired) electrons. The minimum absolute atomic E-state index is 0.0577. The normalized spacial score (nSPS) is 22.8. The summed E-state index contributed by atoms with van der Waals surface area (Å²) in [6.45, 7) is 5.60. The summed E-state index contributed by atoms with van der Waals surface area (Å²) in [6.07, 6.45) is 3.75. The van der Waals surface area contributed by atoms with Gasteiger partial charge in [-0.05, 0) is 30.5 Å². The lowest BCUT2D eigenvalue weighted by molar-refractivity contribution is -0.127. The van der Waals surface area contributed by atoms with Crippen molar-refractivity contribution < 1.29 is 23.5 Å². The van der Waals surface area contributed by atoms with Gasteiger partial charge in [0, 0.05) is 32.7 Å². The Morgan fingerprint density at radius 2 is 2.09 bits per heavy atom. The van der Waals surface area contributed by atoms with Gasteiger partial charge in [0.25, 0.3) is 5.91 Å². The highest BCUT2D eigenvalue weighted by Crippen LogP contribution is 2.36. The van der Waals surface area contributed by atoms with Gasteiger partial charge < -0.3 is 20.3 Å². The minimum atomic E-state index is -0.676. The first-order valence-corrected chi connectivity index (χ1v) is 10.8. The lowest BCUT2D eigenvalue weighted by atomic mass is 9.95. The van der Waals surface area contributed by atoms with Gasteiger partial charge in [0.15, 0.2) is 0 Å². The van der Waals surface area contributed by atoms with Gasteiger partial charge in [-0.3, -0.25) is 14.5 Å². The van der Waals surface area contributed by atoms with Gasteiger partial charge in [-0.1, -0.05) is 18.2 Å². The zero-order valence-electron chi connectivity index (χ0n) is 17.8. The number of amides is 4. The van der Waals surface area contributed by atoms with Crippen molar-refractivity contribution >= 4 is 17.8 Å². The number of nitrogens with one attached hydrogen (secondary N) is 2. The van der Waals surface area contributed by atoms with Crippen LogP contribution in [-0.4, -0.2) is 66.5 Å². The molecule has 0 saturated carbocycles. The summed E-state index contributed by atoms with van der Waals surface area (Å²) in [4.78, 5) is 41.3. The van der Waals surface area contributed by atoms with E-state index in [1.165, 1.54) is 17.0 Å². The number of urea groups is 1. The highest BCUT2D eigenvalue weighted by molar-refractivity contribution is 6.01. The molecule has 0 bridgehead atoms. The van der Waals surface area contributed by atoms with Gasteiger partial charge in [-0.2, -0.15) is 0 Å². The lowest BCUT2D eigenvalue weighted by Gasteiger charge is -2.33. The highest BCUT2D eigenvalue weighted by atomic mass is 19.1. The van der Waals surface area contributed by atoms with E-state index in [0.717, 1.165) is 19.4 Å². The van der Waals surface area contributed by atoms with Crippen molar-refractivity contribution in [2.75, 3.05) is 32.8 Å². The van der Waals surface area contributed by atoms with Crippen molar-refractivity contribution in [1.29, 1.82) is 0 Å². The van der Waals surface area contributed by atoms with Crippen LogP contribution in [0.5, 0.6) is 0 Å². The largest absolute Gasteiger partial charge is 0.376 e. The van der Waals surface area contributed by atoms with E-state index in [1.54, 1.807) is 23.1 Å². The molecule has 1 aromatic carbocycles. The summed E-state index contributed by atoms with van der Waals surface area (Å²) in [5.41, 5.74) is 1.65. The number of carbonyl (C=O) groups excluding carboxylic acids is 3. The second-order valence-electron chi connectivity index (χ2n) is 8.11. The summed E-state index contributed by atoms with van der Waals surface area (Å²) in [6, 6.07) is 4.69. The SMILES string of the molecule is C=CCN1C(=O)N[C@@H](c2ccc(F)cc2)C2=C1CN(CCC(=O)NC[C@@H]1CCCO1)C2=O. The van der Waals surface area contributed by atoms with Crippen LogP contribution in [0.15, 0.2) is 48.2 Å². The first-order chi connectivity index (χ1) is 15.5. The molecule has 8 nitrogen and oxygen atoms in total. The lowest BCUT2D eigenvalue weighted by Crippen LogP contribution is -2.47. The Morgan fingerprint density at radius 3 is 2.78 bits per heavy atom. The molecule has 0 aromatic heterocycles. The molecule has 4 amide bonds. The maximum absolute atomic E-state index is 13.4. The van der Waals surface area contributed by atoms with Crippen molar-refractivity contribution in [3.8, 4) is 0 Å². The molecule has 3 heterocycles. The van der Waals surface area contributed by atoms with Gasteiger partial charge in [0.1, 0.15) is 5.82 Å². The Balaban J connectivity index is 1.46. The van der Waals surface area contributed by atoms with Gasteiger partial charge in [0.2, 0.25) is 5.91 Å². The van der Waals surface area contributed by atoms with Crippen LogP contribution in [0, 0.1) is 5.82 Å². The van der Waals surface area contributed by atoms with E-state index in [9.17, 15) is 18.8 Å². The fraction of sp³-hybridized carbons (Fsp3) is 0.435. The first kappa shape index (κ1) is 22.0. The van der Waals surface area contributed by atoms with Crippen LogP contribution in [0.2, 0.25) is 0 Å². The number of carbonyl (C=O) groups is 3. The van der Waals surface area contributed by atoms with Crippen molar-refractivity contribution in [2.24, 2.45) is 0 Å². The van der Waals surface area contributed by atoms with Crippen molar-refractivity contribution in [3.05, 3.63) is 59.6 Å². The van der Waals surface area contributed by atoms with Crippen LogP contribution in [0.1, 0.15) is 30.9 Å². The molecule has 1 saturated heterocycles. The zero-order valence-corrected chi connectivity index (χ0v) is 17.8. The van der Waals surface area contributed by atoms with E-state index in [1.807, 2.05) is 0 Å². The summed E-state index contributed by atoms with van der Waals surface area (Å²) >= 11 is 0. The topological polar surface area (TPSA) is 91.0 Å². The van der Waals surface area contributed by atoms with Crippen molar-refractivity contribution in [2.45, 2.75) is 31.4 Å². The van der Waals surface area contributed by atoms with E-state index in [-0.39, 0.29) is 50.0 Å². The average Bonchev–Trinajstić information content (AvgIpc) is 3.41. The molecule has 0 aliphatic carbocycles. The Kier molecular flexibility index (Phi) is 6.55. The van der Waals surface area contributed by atoms with Crippen molar-refractivity contribution in [3.63, 3.8) is 0 Å². The van der Waals surface area contributed by atoms with Gasteiger partial charge >= 0.3 is 6.03 Å². The van der Waals surface area contributed by atoms with E-state index in [4.69, 9.17) is 4.74 Å². The van der Waals surface area contributed by atoms with Crippen LogP contribution in [0.4, 0.5) is 9.18 Å². The highest BCUT2D eigenvalue weighted by Gasteiger charge is 2.43. The smallest absolute Gasteiger partial charge is 0.322 e. The molecule has 4 rings (SSSR count). The fourth-order valence-electron chi connectivity index (χ4n) is 4.31. The molecule has 170 valence electrons. The second kappa shape index (κ2) is 9.52. The number of hydrogen-bond acceptors (Lipinski definition) is 4. The third-order valence-corrected chi connectivity index (χ3v) is 5.97. The average molecular weight is 442 g/mol. The Labute approximate surface area is 186 Å². The maximum atomic E-state index is 13.4. The monoisotopic (exact) mass is 442 g/mol. The molecule has 1 aromatic rings. The van der Waals surface area contributed by atoms with Crippen LogP contribution in [0.3, 0.4) is 0 Å². The predicted octanol–water partition coefficient (Wildman–Crippen LogP) is 1.86. The summed E-state index contributed by atoms with van der Waals surface area (Å²) in [5.74, 6) is -0.785. The quantitative estimate of drug-likeness (QED) is 0.602. The summed E-state index contributed by atoms with van der Waals surface area (Å²) < 4.78 is 18.9. The first-order valence-electron chi connectivity index (χ1n) is 10.8. The Bertz CT molecular complexity index is 940. The molecule has 3 aliphatic heterocycles. The van der Waals surface area contributed by atoms with Gasteiger partial charge in [-0.25, -0.2) is 9.18 Å². The van der Waals surface area contributed by atoms with E-state index >= 15 is 0 Å². The molecule has 1 fully saturated rings. The Hall–Kier alpha value is -3.20. The number of rotatable bonds is 8. The van der Waals surface area contributed by atoms with E-state index in [2.05, 4.69) is 17.2 Å². The molecule has 2 atom stereocenters. The second-order valence-corrected chi connectivity index (χ2v) is 8.11.